The molecule has 0 bridgehead atoms. The van der Waals surface area contributed by atoms with E-state index in [0.717, 1.165) is 0 Å². The van der Waals surface area contributed by atoms with Crippen LogP contribution in [0.2, 0.25) is 0 Å². The molecule has 3 N–H and O–H groups in total. The number of halogens is 4. The molecule has 0 aromatic heterocycles. The fourth-order valence-corrected chi connectivity index (χ4v) is 0. The van der Waals surface area contributed by atoms with Gasteiger partial charge in [-0.15, -0.1) is 0 Å². The van der Waals surface area contributed by atoms with E-state index in [4.69, 9.17) is 5.11 Å². The summed E-state index contributed by atoms with van der Waals surface area (Å²) in [6, 6.07) is 0. The zero-order valence-corrected chi connectivity index (χ0v) is 7.23. The van der Waals surface area contributed by atoms with Gasteiger partial charge in [0.2, 0.25) is 0 Å². The van der Waals surface area contributed by atoms with Gasteiger partial charge in [0.25, 0.3) is 0 Å². The Morgan fingerprint density at radius 3 is 1.18 bits per heavy atom. The van der Waals surface area contributed by atoms with E-state index in [1.54, 1.807) is 6.92 Å². The first kappa shape index (κ1) is 22.5. The molecule has 0 saturated carbocycles. The Labute approximate surface area is 76.1 Å². The molecule has 11 heavy (non-hydrogen) atoms. The summed E-state index contributed by atoms with van der Waals surface area (Å²) in [6.45, 7) is 1.93. The van der Waals surface area contributed by atoms with Crippen LogP contribution in [0.5, 0.6) is 0 Å². The van der Waals surface area contributed by atoms with E-state index in [-0.39, 0.29) is 33.8 Å². The van der Waals surface area contributed by atoms with Gasteiger partial charge in [-0.2, -0.15) is 17.6 Å². The van der Waals surface area contributed by atoms with E-state index in [1.807, 2.05) is 0 Å². The second kappa shape index (κ2) is 16.6. The average Bonchev–Trinajstić information content (AvgIpc) is 1.68. The molecular weight excluding hydrogens is 204 g/mol. The molecule has 0 unspecified atom stereocenters. The van der Waals surface area contributed by atoms with Crippen LogP contribution < -0.4 is 0 Å². The molecule has 0 rings (SSSR count). The molecular formula is C4H8F4O2Ti+2. The van der Waals surface area contributed by atoms with Crippen LogP contribution >= 0.6 is 0 Å². The van der Waals surface area contributed by atoms with Crippen molar-refractivity contribution in [1.29, 1.82) is 0 Å². The number of aliphatic hydroxyl groups is 1. The van der Waals surface area contributed by atoms with Crippen LogP contribution in [0.25, 0.3) is 0 Å². The van der Waals surface area contributed by atoms with Crippen molar-refractivity contribution in [3.8, 4) is 0 Å². The van der Waals surface area contributed by atoms with Gasteiger partial charge in [-0.05, 0) is 6.92 Å². The zero-order chi connectivity index (χ0) is 7.86. The summed E-state index contributed by atoms with van der Waals surface area (Å²) in [5.41, 5.74) is 0. The quantitative estimate of drug-likeness (QED) is 0.475. The topological polar surface area (TPSA) is 51.7 Å². The number of hydrogen-bond donors (Lipinski definition) is 1. The molecule has 0 saturated heterocycles. The largest absolute Gasteiger partial charge is 2.00 e. The van der Waals surface area contributed by atoms with Crippen LogP contribution in [-0.2, 0) is 21.7 Å². The van der Waals surface area contributed by atoms with Crippen molar-refractivity contribution in [3.63, 3.8) is 0 Å². The second-order valence-electron chi connectivity index (χ2n) is 0.837. The first-order valence-electron chi connectivity index (χ1n) is 2.03. The van der Waals surface area contributed by atoms with E-state index < -0.39 is 12.2 Å². The van der Waals surface area contributed by atoms with Crippen molar-refractivity contribution in [2.75, 3.05) is 6.61 Å². The summed E-state index contributed by atoms with van der Waals surface area (Å²) in [5, 5.41) is 7.57. The number of hydrogen-bond acceptors (Lipinski definition) is 1. The van der Waals surface area contributed by atoms with Crippen LogP contribution in [0.1, 0.15) is 6.92 Å². The summed E-state index contributed by atoms with van der Waals surface area (Å²) in [7, 11) is 0. The van der Waals surface area contributed by atoms with Crippen molar-refractivity contribution in [3.05, 3.63) is 12.2 Å². The van der Waals surface area contributed by atoms with Crippen molar-refractivity contribution in [1.82, 2.24) is 0 Å². The van der Waals surface area contributed by atoms with Crippen LogP contribution in [0.4, 0.5) is 17.6 Å². The van der Waals surface area contributed by atoms with E-state index in [1.165, 1.54) is 0 Å². The Hall–Kier alpha value is 0.0943. The van der Waals surface area contributed by atoms with E-state index in [9.17, 15) is 17.6 Å². The van der Waals surface area contributed by atoms with Gasteiger partial charge in [-0.3, -0.25) is 0 Å². The SMILES string of the molecule is CCO.FC(F)=C(F)F.O.[Ti+2]. The minimum atomic E-state index is -2.91. The van der Waals surface area contributed by atoms with Crippen LogP contribution in [0.15, 0.2) is 12.2 Å². The maximum atomic E-state index is 10.3. The number of rotatable bonds is 0. The third-order valence-corrected chi connectivity index (χ3v) is 0.143. The molecule has 0 aromatic carbocycles. The molecule has 0 radical (unpaired) electrons. The molecule has 7 heteroatoms. The molecule has 0 aliphatic rings. The van der Waals surface area contributed by atoms with Crippen molar-refractivity contribution >= 4 is 0 Å². The van der Waals surface area contributed by atoms with Gasteiger partial charge in [0.05, 0.1) is 0 Å². The molecule has 0 aromatic rings. The molecule has 0 spiro atoms. The van der Waals surface area contributed by atoms with Gasteiger partial charge in [-0.25, -0.2) is 0 Å². The summed E-state index contributed by atoms with van der Waals surface area (Å²) < 4.78 is 41.1. The van der Waals surface area contributed by atoms with Crippen molar-refractivity contribution in [2.45, 2.75) is 6.92 Å². The van der Waals surface area contributed by atoms with Gasteiger partial charge >= 0.3 is 33.9 Å². The first-order chi connectivity index (χ1) is 4.06. The monoisotopic (exact) mass is 212 g/mol. The standard InChI is InChI=1S/C2F4.C2H6O.H2O.Ti/c3-1(4)2(5)6;1-2-3;;/h;3H,2H2,1H3;1H2;/q;;;+2. The summed E-state index contributed by atoms with van der Waals surface area (Å²) >= 11 is 0. The fourth-order valence-electron chi connectivity index (χ4n) is 0. The Kier molecular flexibility index (Phi) is 33.9. The zero-order valence-electron chi connectivity index (χ0n) is 5.67. The van der Waals surface area contributed by atoms with Crippen LogP contribution in [0.3, 0.4) is 0 Å². The number of aliphatic hydroxyl groups excluding tert-OH is 1. The first-order valence-corrected chi connectivity index (χ1v) is 2.03. The minimum absolute atomic E-state index is 0. The molecule has 0 aliphatic heterocycles. The predicted molar refractivity (Wildman–Crippen MR) is 27.8 cm³/mol. The van der Waals surface area contributed by atoms with Crippen LogP contribution in [-0.4, -0.2) is 17.2 Å². The molecule has 0 fully saturated rings. The Bertz CT molecular complexity index is 80.1. The molecule has 2 nitrogen and oxygen atoms in total. The second-order valence-corrected chi connectivity index (χ2v) is 0.837. The summed E-state index contributed by atoms with van der Waals surface area (Å²) in [4.78, 5) is 0. The molecule has 0 atom stereocenters. The van der Waals surface area contributed by atoms with Crippen molar-refractivity contribution < 1.29 is 49.9 Å². The minimum Gasteiger partial charge on any atom is -0.412 e. The average molecular weight is 212 g/mol. The van der Waals surface area contributed by atoms with E-state index >= 15 is 0 Å². The maximum Gasteiger partial charge on any atom is 2.00 e. The third-order valence-electron chi connectivity index (χ3n) is 0.143. The summed E-state index contributed by atoms with van der Waals surface area (Å²) in [6.07, 6.45) is -5.81. The normalized spacial score (nSPS) is 6.00. The predicted octanol–water partition coefficient (Wildman–Crippen LogP) is 1.16. The third kappa shape index (κ3) is 39.5. The van der Waals surface area contributed by atoms with E-state index in [0.29, 0.717) is 0 Å². The van der Waals surface area contributed by atoms with Crippen LogP contribution in [0, 0.1) is 0 Å². The Balaban J connectivity index is -0.0000000437. The molecule has 0 aliphatic carbocycles. The van der Waals surface area contributed by atoms with Gasteiger partial charge in [0.1, 0.15) is 0 Å². The summed E-state index contributed by atoms with van der Waals surface area (Å²) in [5.74, 6) is 0. The van der Waals surface area contributed by atoms with Gasteiger partial charge in [-0.1, -0.05) is 0 Å². The van der Waals surface area contributed by atoms with Crippen molar-refractivity contribution in [2.24, 2.45) is 0 Å². The maximum absolute atomic E-state index is 10.3. The molecule has 66 valence electrons. The molecule has 0 heterocycles. The molecule has 0 amide bonds. The smallest absolute Gasteiger partial charge is 0.412 e. The Morgan fingerprint density at radius 2 is 1.18 bits per heavy atom. The Morgan fingerprint density at radius 1 is 1.09 bits per heavy atom. The van der Waals surface area contributed by atoms with Gasteiger partial charge in [0, 0.05) is 6.61 Å². The van der Waals surface area contributed by atoms with Gasteiger partial charge < -0.3 is 10.6 Å². The van der Waals surface area contributed by atoms with E-state index in [2.05, 4.69) is 0 Å². The fraction of sp³-hybridized carbons (Fsp3) is 0.500. The van der Waals surface area contributed by atoms with Gasteiger partial charge in [0.15, 0.2) is 0 Å².